The van der Waals surface area contributed by atoms with Gasteiger partial charge in [-0.25, -0.2) is 9.98 Å². The average Bonchev–Trinajstić information content (AvgIpc) is 3.14. The van der Waals surface area contributed by atoms with Crippen LogP contribution in [0.2, 0.25) is 0 Å². The zero-order valence-electron chi connectivity index (χ0n) is 17.7. The first kappa shape index (κ1) is 21.1. The van der Waals surface area contributed by atoms with Crippen molar-refractivity contribution >= 4 is 28.7 Å². The lowest BCUT2D eigenvalue weighted by molar-refractivity contribution is 0.414. The lowest BCUT2D eigenvalue weighted by Gasteiger charge is -2.08. The number of thiazole rings is 1. The molecule has 2 N–H and O–H groups in total. The highest BCUT2D eigenvalue weighted by Crippen LogP contribution is 2.22. The van der Waals surface area contributed by atoms with Gasteiger partial charge in [0.1, 0.15) is 22.5 Å². The number of nitrogen functional groups attached to an aromatic ring is 1. The van der Waals surface area contributed by atoms with Gasteiger partial charge in [-0.15, -0.1) is 0 Å². The molecule has 0 aliphatic rings. The summed E-state index contributed by atoms with van der Waals surface area (Å²) in [5.74, 6) is 1.60. The number of nitrogens with two attached hydrogens (primary N) is 1. The molecule has 1 heterocycles. The summed E-state index contributed by atoms with van der Waals surface area (Å²) in [7, 11) is 1.61. The molecule has 0 amide bonds. The molecule has 4 rings (SSSR count). The van der Waals surface area contributed by atoms with Crippen LogP contribution in [-0.2, 0) is 0 Å². The van der Waals surface area contributed by atoms with Crippen LogP contribution in [-0.4, -0.2) is 17.5 Å². The summed E-state index contributed by atoms with van der Waals surface area (Å²) in [5.41, 5.74) is 9.90. The predicted molar refractivity (Wildman–Crippen MR) is 129 cm³/mol. The predicted octanol–water partition coefficient (Wildman–Crippen LogP) is 4.99. The van der Waals surface area contributed by atoms with Gasteiger partial charge in [0.15, 0.2) is 10.6 Å². The number of aromatic nitrogens is 1. The molecule has 32 heavy (non-hydrogen) atoms. The first-order valence-corrected chi connectivity index (χ1v) is 10.7. The molecule has 0 spiro atoms. The van der Waals surface area contributed by atoms with Crippen molar-refractivity contribution < 1.29 is 4.74 Å². The quantitative estimate of drug-likeness (QED) is 0.359. The van der Waals surface area contributed by atoms with Crippen molar-refractivity contribution in [3.05, 3.63) is 99.7 Å². The maximum Gasteiger partial charge on any atom is 0.199 e. The van der Waals surface area contributed by atoms with Gasteiger partial charge in [-0.05, 0) is 43.3 Å². The summed E-state index contributed by atoms with van der Waals surface area (Å²) >= 11 is 1.23. The lowest BCUT2D eigenvalue weighted by Crippen LogP contribution is -2.17. The standard InChI is InChI=1S/C25H21N5OS/c1-17-8-10-18(11-9-17)24(28-19-6-4-3-5-7-19)29-25-30(23(27)22(16-26)32-25)20-12-14-21(31-2)15-13-20/h3-15H,27H2,1-2H3. The average molecular weight is 440 g/mol. The van der Waals surface area contributed by atoms with Crippen molar-refractivity contribution in [1.82, 2.24) is 4.57 Å². The van der Waals surface area contributed by atoms with Crippen molar-refractivity contribution in [3.8, 4) is 17.5 Å². The van der Waals surface area contributed by atoms with Gasteiger partial charge >= 0.3 is 0 Å². The number of ether oxygens (including phenoxy) is 1. The van der Waals surface area contributed by atoms with Gasteiger partial charge in [0.05, 0.1) is 18.5 Å². The highest BCUT2D eigenvalue weighted by atomic mass is 32.1. The Morgan fingerprint density at radius 2 is 1.69 bits per heavy atom. The molecule has 0 saturated carbocycles. The number of rotatable bonds is 4. The Hall–Kier alpha value is -4.15. The van der Waals surface area contributed by atoms with E-state index in [9.17, 15) is 5.26 Å². The third-order valence-corrected chi connectivity index (χ3v) is 5.75. The van der Waals surface area contributed by atoms with Crippen LogP contribution in [0.15, 0.2) is 88.8 Å². The van der Waals surface area contributed by atoms with Gasteiger partial charge in [-0.2, -0.15) is 5.26 Å². The maximum absolute atomic E-state index is 9.58. The smallest absolute Gasteiger partial charge is 0.199 e. The van der Waals surface area contributed by atoms with Gasteiger partial charge in [0.2, 0.25) is 0 Å². The number of hydrogen-bond donors (Lipinski definition) is 1. The molecule has 4 aromatic rings. The molecule has 0 unspecified atom stereocenters. The first-order chi connectivity index (χ1) is 15.6. The fourth-order valence-corrected chi connectivity index (χ4v) is 3.95. The highest BCUT2D eigenvalue weighted by Gasteiger charge is 2.14. The van der Waals surface area contributed by atoms with Gasteiger partial charge in [0, 0.05) is 5.56 Å². The number of anilines is 1. The van der Waals surface area contributed by atoms with E-state index in [0.717, 1.165) is 28.3 Å². The minimum Gasteiger partial charge on any atom is -0.497 e. The van der Waals surface area contributed by atoms with E-state index in [1.807, 2.05) is 85.8 Å². The zero-order valence-corrected chi connectivity index (χ0v) is 18.5. The zero-order chi connectivity index (χ0) is 22.5. The Morgan fingerprint density at radius 1 is 1.00 bits per heavy atom. The Labute approximate surface area is 190 Å². The Kier molecular flexibility index (Phi) is 6.15. The van der Waals surface area contributed by atoms with Crippen molar-refractivity contribution in [1.29, 1.82) is 5.26 Å². The molecule has 7 heteroatoms. The Balaban J connectivity index is 1.94. The molecule has 0 saturated heterocycles. The maximum atomic E-state index is 9.58. The number of para-hydroxylation sites is 1. The van der Waals surface area contributed by atoms with E-state index in [1.54, 1.807) is 11.7 Å². The van der Waals surface area contributed by atoms with E-state index in [0.29, 0.717) is 21.3 Å². The topological polar surface area (TPSA) is 88.7 Å². The third kappa shape index (κ3) is 4.46. The fourth-order valence-electron chi connectivity index (χ4n) is 3.10. The lowest BCUT2D eigenvalue weighted by atomic mass is 10.1. The van der Waals surface area contributed by atoms with Gasteiger partial charge in [0.25, 0.3) is 0 Å². The van der Waals surface area contributed by atoms with Crippen molar-refractivity contribution in [2.75, 3.05) is 12.8 Å². The molecule has 1 aromatic heterocycles. The van der Waals surface area contributed by atoms with Crippen LogP contribution in [0.5, 0.6) is 5.75 Å². The summed E-state index contributed by atoms with van der Waals surface area (Å²) in [6.45, 7) is 2.03. The second-order valence-corrected chi connectivity index (χ2v) is 7.97. The van der Waals surface area contributed by atoms with Crippen molar-refractivity contribution in [3.63, 3.8) is 0 Å². The molecule has 0 bridgehead atoms. The molecule has 0 fully saturated rings. The van der Waals surface area contributed by atoms with Gasteiger partial charge < -0.3 is 10.5 Å². The SMILES string of the molecule is COc1ccc(-n2c(N)c(C#N)sc2=NC(=Nc2ccccc2)c2ccc(C)cc2)cc1. The van der Waals surface area contributed by atoms with Gasteiger partial charge in [-0.1, -0.05) is 59.4 Å². The van der Waals surface area contributed by atoms with E-state index in [2.05, 4.69) is 6.07 Å². The second kappa shape index (κ2) is 9.33. The monoisotopic (exact) mass is 439 g/mol. The molecule has 3 aromatic carbocycles. The normalized spacial score (nSPS) is 11.9. The number of benzene rings is 3. The number of aliphatic imine (C=N–C) groups is 1. The van der Waals surface area contributed by atoms with E-state index in [1.165, 1.54) is 11.3 Å². The second-order valence-electron chi connectivity index (χ2n) is 6.99. The number of amidine groups is 1. The van der Waals surface area contributed by atoms with Crippen LogP contribution in [0.25, 0.3) is 5.69 Å². The molecule has 6 nitrogen and oxygen atoms in total. The van der Waals surface area contributed by atoms with E-state index >= 15 is 0 Å². The van der Waals surface area contributed by atoms with Crippen LogP contribution in [0.1, 0.15) is 16.0 Å². The number of nitriles is 1. The van der Waals surface area contributed by atoms with Crippen LogP contribution >= 0.6 is 11.3 Å². The molecule has 158 valence electrons. The minimum absolute atomic E-state index is 0.337. The Morgan fingerprint density at radius 3 is 2.31 bits per heavy atom. The molecule has 0 atom stereocenters. The fraction of sp³-hybridized carbons (Fsp3) is 0.0800. The van der Waals surface area contributed by atoms with Crippen molar-refractivity contribution in [2.45, 2.75) is 6.92 Å². The molecule has 0 aliphatic carbocycles. The number of nitrogens with zero attached hydrogens (tertiary/aromatic N) is 4. The molecular weight excluding hydrogens is 418 g/mol. The number of methoxy groups -OCH3 is 1. The van der Waals surface area contributed by atoms with Crippen LogP contribution in [0.4, 0.5) is 11.5 Å². The highest BCUT2D eigenvalue weighted by molar-refractivity contribution is 7.10. The summed E-state index contributed by atoms with van der Waals surface area (Å²) in [6.07, 6.45) is 0. The third-order valence-electron chi connectivity index (χ3n) is 4.79. The van der Waals surface area contributed by atoms with E-state index < -0.39 is 0 Å². The van der Waals surface area contributed by atoms with E-state index in [-0.39, 0.29) is 0 Å². The van der Waals surface area contributed by atoms with Crippen molar-refractivity contribution in [2.24, 2.45) is 9.98 Å². The molecule has 0 aliphatic heterocycles. The first-order valence-electron chi connectivity index (χ1n) is 9.90. The van der Waals surface area contributed by atoms with E-state index in [4.69, 9.17) is 20.5 Å². The largest absolute Gasteiger partial charge is 0.497 e. The number of aryl methyl sites for hydroxylation is 1. The Bertz CT molecular complexity index is 1360. The summed E-state index contributed by atoms with van der Waals surface area (Å²) in [6, 6.07) is 27.3. The van der Waals surface area contributed by atoms with Crippen LogP contribution in [0.3, 0.4) is 0 Å². The summed E-state index contributed by atoms with van der Waals surface area (Å²) in [5, 5.41) is 9.58. The summed E-state index contributed by atoms with van der Waals surface area (Å²) in [4.78, 5) is 10.6. The minimum atomic E-state index is 0.337. The number of hydrogen-bond acceptors (Lipinski definition) is 5. The van der Waals surface area contributed by atoms with Gasteiger partial charge in [-0.3, -0.25) is 4.57 Å². The molecular formula is C25H21N5OS. The molecule has 0 radical (unpaired) electrons. The summed E-state index contributed by atoms with van der Waals surface area (Å²) < 4.78 is 7.02. The van der Waals surface area contributed by atoms with Crippen LogP contribution < -0.4 is 15.3 Å². The van der Waals surface area contributed by atoms with Crippen LogP contribution in [0, 0.1) is 18.3 Å².